The van der Waals surface area contributed by atoms with Crippen molar-refractivity contribution < 1.29 is 0 Å². The second-order valence-electron chi connectivity index (χ2n) is 6.33. The predicted octanol–water partition coefficient (Wildman–Crippen LogP) is 2.44. The Labute approximate surface area is 141 Å². The van der Waals surface area contributed by atoms with E-state index in [0.29, 0.717) is 5.95 Å². The predicted molar refractivity (Wildman–Crippen MR) is 90.7 cm³/mol. The van der Waals surface area contributed by atoms with Crippen molar-refractivity contribution in [3.63, 3.8) is 0 Å². The average molecular weight is 320 g/mol. The lowest BCUT2D eigenvalue weighted by Crippen LogP contribution is -2.30. The van der Waals surface area contributed by atoms with E-state index in [1.807, 2.05) is 0 Å². The maximum atomic E-state index is 4.40. The van der Waals surface area contributed by atoms with Crippen molar-refractivity contribution >= 4 is 0 Å². The number of aromatic nitrogens is 5. The zero-order chi connectivity index (χ0) is 16.4. The van der Waals surface area contributed by atoms with Gasteiger partial charge in [-0.2, -0.15) is 9.78 Å². The van der Waals surface area contributed by atoms with E-state index in [1.54, 1.807) is 29.5 Å². The molecule has 0 radical (unpaired) electrons. The molecule has 0 saturated heterocycles. The van der Waals surface area contributed by atoms with E-state index < -0.39 is 0 Å². The molecule has 0 aliphatic heterocycles. The van der Waals surface area contributed by atoms with Crippen LogP contribution in [0.25, 0.3) is 5.95 Å². The molecule has 2 aromatic heterocycles. The minimum atomic E-state index is 0.0671. The van der Waals surface area contributed by atoms with Gasteiger partial charge in [0.25, 0.3) is 5.95 Å². The quantitative estimate of drug-likeness (QED) is 0.755. The van der Waals surface area contributed by atoms with Gasteiger partial charge < -0.3 is 5.32 Å². The molecular formula is C18H20N6. The van der Waals surface area contributed by atoms with Crippen LogP contribution in [0.3, 0.4) is 0 Å². The van der Waals surface area contributed by atoms with Crippen LogP contribution in [0.15, 0.2) is 55.1 Å². The van der Waals surface area contributed by atoms with E-state index in [9.17, 15) is 0 Å². The summed E-state index contributed by atoms with van der Waals surface area (Å²) in [5, 5.41) is 7.88. The maximum Gasteiger partial charge on any atom is 0.252 e. The Morgan fingerprint density at radius 3 is 2.54 bits per heavy atom. The fourth-order valence-corrected chi connectivity index (χ4v) is 3.05. The van der Waals surface area contributed by atoms with E-state index in [-0.39, 0.29) is 11.5 Å². The summed E-state index contributed by atoms with van der Waals surface area (Å²) in [5.74, 6) is 1.37. The highest BCUT2D eigenvalue weighted by Crippen LogP contribution is 2.47. The van der Waals surface area contributed by atoms with Gasteiger partial charge in [-0.1, -0.05) is 30.3 Å². The molecule has 122 valence electrons. The summed E-state index contributed by atoms with van der Waals surface area (Å²) in [6, 6.07) is 12.6. The van der Waals surface area contributed by atoms with Crippen molar-refractivity contribution in [1.82, 2.24) is 30.0 Å². The molecule has 3 aromatic rings. The van der Waals surface area contributed by atoms with Gasteiger partial charge in [0.1, 0.15) is 6.33 Å². The van der Waals surface area contributed by atoms with Crippen LogP contribution >= 0.6 is 0 Å². The molecule has 0 spiro atoms. The molecule has 6 heteroatoms. The third kappa shape index (κ3) is 2.80. The highest BCUT2D eigenvalue weighted by atomic mass is 15.4. The van der Waals surface area contributed by atoms with Crippen LogP contribution in [-0.4, -0.2) is 31.3 Å². The molecule has 24 heavy (non-hydrogen) atoms. The van der Waals surface area contributed by atoms with Crippen molar-refractivity contribution in [2.24, 2.45) is 0 Å². The van der Waals surface area contributed by atoms with Gasteiger partial charge in [0, 0.05) is 24.4 Å². The number of nitrogens with zero attached hydrogens (tertiary/aromatic N) is 5. The molecule has 2 heterocycles. The molecule has 0 amide bonds. The van der Waals surface area contributed by atoms with Crippen LogP contribution < -0.4 is 5.32 Å². The van der Waals surface area contributed by atoms with Crippen LogP contribution in [-0.2, 0) is 5.41 Å². The van der Waals surface area contributed by atoms with Crippen molar-refractivity contribution in [1.29, 1.82) is 0 Å². The highest BCUT2D eigenvalue weighted by molar-refractivity contribution is 5.31. The Morgan fingerprint density at radius 2 is 1.83 bits per heavy atom. The second-order valence-corrected chi connectivity index (χ2v) is 6.33. The molecule has 1 aromatic carbocycles. The first-order valence-corrected chi connectivity index (χ1v) is 8.25. The molecule has 1 saturated carbocycles. The third-order valence-corrected chi connectivity index (χ3v) is 4.69. The molecule has 1 aliphatic carbocycles. The van der Waals surface area contributed by atoms with Crippen LogP contribution in [0.2, 0.25) is 0 Å². The largest absolute Gasteiger partial charge is 0.307 e. The first kappa shape index (κ1) is 15.0. The Kier molecular flexibility index (Phi) is 3.82. The fraction of sp³-hybridized carbons (Fsp3) is 0.333. The van der Waals surface area contributed by atoms with Gasteiger partial charge in [-0.3, -0.25) is 0 Å². The molecule has 6 nitrogen and oxygen atoms in total. The molecular weight excluding hydrogens is 300 g/mol. The zero-order valence-corrected chi connectivity index (χ0v) is 13.6. The van der Waals surface area contributed by atoms with Gasteiger partial charge in [-0.15, -0.1) is 0 Å². The van der Waals surface area contributed by atoms with Crippen LogP contribution in [0.5, 0.6) is 0 Å². The standard InChI is InChI=1S/C18H20N6/c1-14(16-22-13-23-24(16)17-19-10-5-11-20-17)21-12-18(8-9-18)15-6-3-2-4-7-15/h2-7,10-11,13-14,21H,8-9,12H2,1H3. The van der Waals surface area contributed by atoms with Crippen LogP contribution in [0.1, 0.15) is 37.2 Å². The molecule has 1 aliphatic rings. The van der Waals surface area contributed by atoms with E-state index in [2.05, 4.69) is 62.6 Å². The molecule has 0 bridgehead atoms. The number of benzene rings is 1. The number of hydrogen-bond donors (Lipinski definition) is 1. The zero-order valence-electron chi connectivity index (χ0n) is 13.6. The summed E-state index contributed by atoms with van der Waals surface area (Å²) in [6.07, 6.45) is 7.42. The fourth-order valence-electron chi connectivity index (χ4n) is 3.05. The Balaban J connectivity index is 1.48. The molecule has 1 unspecified atom stereocenters. The maximum absolute atomic E-state index is 4.40. The lowest BCUT2D eigenvalue weighted by atomic mass is 9.96. The summed E-state index contributed by atoms with van der Waals surface area (Å²) in [6.45, 7) is 3.03. The summed E-state index contributed by atoms with van der Waals surface area (Å²) in [7, 11) is 0. The lowest BCUT2D eigenvalue weighted by Gasteiger charge is -2.20. The van der Waals surface area contributed by atoms with Crippen molar-refractivity contribution in [3.8, 4) is 5.95 Å². The molecule has 1 atom stereocenters. The number of rotatable bonds is 6. The van der Waals surface area contributed by atoms with E-state index in [1.165, 1.54) is 18.4 Å². The van der Waals surface area contributed by atoms with Gasteiger partial charge in [0.15, 0.2) is 5.82 Å². The normalized spacial score (nSPS) is 16.7. The molecule has 1 N–H and O–H groups in total. The minimum absolute atomic E-state index is 0.0671. The summed E-state index contributed by atoms with van der Waals surface area (Å²) in [4.78, 5) is 12.9. The third-order valence-electron chi connectivity index (χ3n) is 4.69. The monoisotopic (exact) mass is 320 g/mol. The lowest BCUT2D eigenvalue weighted by molar-refractivity contribution is 0.484. The SMILES string of the molecule is CC(NCC1(c2ccccc2)CC1)c1ncnn1-c1ncccn1. The molecule has 1 fully saturated rings. The average Bonchev–Trinajstić information content (AvgIpc) is 3.28. The van der Waals surface area contributed by atoms with Crippen LogP contribution in [0.4, 0.5) is 0 Å². The van der Waals surface area contributed by atoms with Gasteiger partial charge in [-0.05, 0) is 31.4 Å². The van der Waals surface area contributed by atoms with Gasteiger partial charge >= 0.3 is 0 Å². The first-order chi connectivity index (χ1) is 11.8. The Hall–Kier alpha value is -2.60. The van der Waals surface area contributed by atoms with E-state index in [4.69, 9.17) is 0 Å². The van der Waals surface area contributed by atoms with Gasteiger partial charge in [0.05, 0.1) is 6.04 Å². The Bertz CT molecular complexity index is 795. The van der Waals surface area contributed by atoms with Gasteiger partial charge in [-0.25, -0.2) is 15.0 Å². The second kappa shape index (κ2) is 6.13. The number of nitrogens with one attached hydrogen (secondary N) is 1. The topological polar surface area (TPSA) is 68.5 Å². The molecule has 4 rings (SSSR count). The van der Waals surface area contributed by atoms with E-state index in [0.717, 1.165) is 12.4 Å². The Morgan fingerprint density at radius 1 is 1.08 bits per heavy atom. The van der Waals surface area contributed by atoms with Gasteiger partial charge in [0.2, 0.25) is 0 Å². The minimum Gasteiger partial charge on any atom is -0.307 e. The first-order valence-electron chi connectivity index (χ1n) is 8.25. The van der Waals surface area contributed by atoms with Crippen LogP contribution in [0, 0.1) is 0 Å². The van der Waals surface area contributed by atoms with E-state index >= 15 is 0 Å². The number of hydrogen-bond acceptors (Lipinski definition) is 5. The van der Waals surface area contributed by atoms with Crippen molar-refractivity contribution in [3.05, 3.63) is 66.5 Å². The summed E-state index contributed by atoms with van der Waals surface area (Å²) >= 11 is 0. The summed E-state index contributed by atoms with van der Waals surface area (Å²) in [5.41, 5.74) is 1.68. The summed E-state index contributed by atoms with van der Waals surface area (Å²) < 4.78 is 1.69. The highest BCUT2D eigenvalue weighted by Gasteiger charge is 2.44. The van der Waals surface area contributed by atoms with Crippen molar-refractivity contribution in [2.45, 2.75) is 31.2 Å². The smallest absolute Gasteiger partial charge is 0.252 e. The van der Waals surface area contributed by atoms with Crippen molar-refractivity contribution in [2.75, 3.05) is 6.54 Å².